The quantitative estimate of drug-likeness (QED) is 0.284. The van der Waals surface area contributed by atoms with E-state index in [-0.39, 0.29) is 34.1 Å². The minimum atomic E-state index is 0. The fraction of sp³-hybridized carbons (Fsp3) is 0.0909. The summed E-state index contributed by atoms with van der Waals surface area (Å²) in [5.74, 6) is 0.537. The monoisotopic (exact) mass is 398 g/mol. The van der Waals surface area contributed by atoms with Crippen LogP contribution in [0.4, 0.5) is 0 Å². The molecule has 134 valence electrons. The zero-order chi connectivity index (χ0) is 15.5. The Morgan fingerprint density at radius 3 is 1.17 bits per heavy atom. The van der Waals surface area contributed by atoms with E-state index in [2.05, 4.69) is 55.5 Å². The topological polar surface area (TPSA) is 0 Å². The molecule has 4 aromatic carbocycles. The number of hydrogen-bond acceptors (Lipinski definition) is 0. The number of rotatable bonds is 2. The molecule has 0 bridgehead atoms. The van der Waals surface area contributed by atoms with Crippen LogP contribution in [0.1, 0.15) is 24.0 Å². The molecule has 0 saturated heterocycles. The normalized spacial score (nSPS) is 8.75. The largest absolute Gasteiger partial charge is 0.748 e. The van der Waals surface area contributed by atoms with Crippen LogP contribution in [0.5, 0.6) is 0 Å². The van der Waals surface area contributed by atoms with Gasteiger partial charge in [-0.2, -0.15) is 53.6 Å². The third-order valence-electron chi connectivity index (χ3n) is 3.49. The molecule has 0 aromatic heterocycles. The molecule has 0 aliphatic rings. The van der Waals surface area contributed by atoms with Gasteiger partial charge in [0.2, 0.25) is 0 Å². The summed E-state index contributed by atoms with van der Waals surface area (Å²) < 4.78 is 0. The first-order chi connectivity index (χ1) is 10.9. The van der Waals surface area contributed by atoms with Crippen LogP contribution in [0, 0.1) is 0 Å². The molecule has 0 fully saturated rings. The molecular weight excluding hydrogens is 376 g/mol. The third-order valence-corrected chi connectivity index (χ3v) is 3.49. The van der Waals surface area contributed by atoms with Gasteiger partial charge in [0.05, 0.1) is 0 Å². The minimum Gasteiger partial charge on any atom is -0.748 e. The average molecular weight is 398 g/mol. The van der Waals surface area contributed by atoms with E-state index in [0.717, 1.165) is 0 Å². The van der Waals surface area contributed by atoms with Crippen LogP contribution in [0.15, 0.2) is 109 Å². The van der Waals surface area contributed by atoms with Crippen LogP contribution in [0.3, 0.4) is 0 Å². The Hall–Kier alpha value is -1.56. The molecule has 0 aliphatic heterocycles. The van der Waals surface area contributed by atoms with Crippen molar-refractivity contribution < 1.29 is 34.1 Å². The molecule has 0 saturated carbocycles. The molecule has 4 rings (SSSR count). The van der Waals surface area contributed by atoms with Crippen LogP contribution < -0.4 is 0 Å². The molecule has 0 N–H and O–H groups in total. The fourth-order valence-electron chi connectivity index (χ4n) is 2.19. The van der Waals surface area contributed by atoms with Gasteiger partial charge >= 0.3 is 0 Å². The molecule has 0 nitrogen and oxygen atoms in total. The van der Waals surface area contributed by atoms with Crippen molar-refractivity contribution in [2.24, 2.45) is 0 Å². The Morgan fingerprint density at radius 1 is 0.583 bits per heavy atom. The van der Waals surface area contributed by atoms with E-state index in [0.29, 0.717) is 5.92 Å². The van der Waals surface area contributed by atoms with Crippen molar-refractivity contribution in [3.8, 4) is 0 Å². The van der Waals surface area contributed by atoms with E-state index < -0.39 is 0 Å². The van der Waals surface area contributed by atoms with Crippen molar-refractivity contribution in [1.29, 1.82) is 0 Å². The molecule has 0 spiro atoms. The van der Waals surface area contributed by atoms with Crippen molar-refractivity contribution in [3.63, 3.8) is 0 Å². The van der Waals surface area contributed by atoms with E-state index in [4.69, 9.17) is 0 Å². The Labute approximate surface area is 166 Å². The van der Waals surface area contributed by atoms with Crippen molar-refractivity contribution in [3.05, 3.63) is 120 Å². The molecule has 0 unspecified atom stereocenters. The van der Waals surface area contributed by atoms with Gasteiger partial charge in [-0.1, -0.05) is 12.8 Å². The van der Waals surface area contributed by atoms with Crippen molar-refractivity contribution in [2.45, 2.75) is 12.8 Å². The van der Waals surface area contributed by atoms with E-state index in [1.54, 1.807) is 0 Å². The molecule has 0 aliphatic carbocycles. The van der Waals surface area contributed by atoms with Crippen LogP contribution in [-0.2, 0) is 34.1 Å². The summed E-state index contributed by atoms with van der Waals surface area (Å²) in [6.45, 7) is 2.24. The first-order valence-electron chi connectivity index (χ1n) is 7.64. The van der Waals surface area contributed by atoms with Crippen LogP contribution >= 0.6 is 0 Å². The second-order valence-corrected chi connectivity index (χ2v) is 5.08. The summed E-state index contributed by atoms with van der Waals surface area (Å²) in [5.41, 5.74) is 2.81. The fourth-order valence-corrected chi connectivity index (χ4v) is 2.19. The predicted molar refractivity (Wildman–Crippen MR) is 95.7 cm³/mol. The van der Waals surface area contributed by atoms with E-state index in [1.165, 1.54) is 11.1 Å². The molecule has 2 heteroatoms. The van der Waals surface area contributed by atoms with Crippen LogP contribution in [0.25, 0.3) is 0 Å². The summed E-state index contributed by atoms with van der Waals surface area (Å²) in [7, 11) is 0. The Morgan fingerprint density at radius 2 is 0.917 bits per heavy atom. The van der Waals surface area contributed by atoms with Gasteiger partial charge in [-0.15, -0.1) is 0 Å². The summed E-state index contributed by atoms with van der Waals surface area (Å²) in [6.07, 6.45) is 0. The maximum Gasteiger partial charge on any atom is 0 e. The zero-order valence-electron chi connectivity index (χ0n) is 13.7. The second kappa shape index (κ2) is 13.8. The average Bonchev–Trinajstić information content (AvgIpc) is 3.42. The summed E-state index contributed by atoms with van der Waals surface area (Å²) in [4.78, 5) is 0. The third kappa shape index (κ3) is 8.34. The van der Waals surface area contributed by atoms with Gasteiger partial charge in [0, 0.05) is 34.1 Å². The van der Waals surface area contributed by atoms with Gasteiger partial charge in [0.15, 0.2) is 0 Å². The summed E-state index contributed by atoms with van der Waals surface area (Å²) >= 11 is 0. The molecule has 0 amide bonds. The molecule has 24 heavy (non-hydrogen) atoms. The molecule has 0 radical (unpaired) electrons. The van der Waals surface area contributed by atoms with Gasteiger partial charge in [-0.05, 0) is 0 Å². The summed E-state index contributed by atoms with van der Waals surface area (Å²) in [6, 6.07) is 37.1. The van der Waals surface area contributed by atoms with Gasteiger partial charge in [0.1, 0.15) is 0 Å². The van der Waals surface area contributed by atoms with E-state index in [9.17, 15) is 0 Å². The first kappa shape index (κ1) is 22.4. The standard InChI is InChI=1S/C12H12.2C5H5.2Fe/c1-10(11-6-2-3-7-11)12-8-4-5-9-12;2*1-2-4-5-3-1;;/h2-10H,1H3;2*1-5H;;/q-2;-5;-1;;. The Balaban J connectivity index is 0.000000370. The first-order valence-corrected chi connectivity index (χ1v) is 7.64. The molecular formula is C22H22Fe2-8. The van der Waals surface area contributed by atoms with Crippen molar-refractivity contribution >= 4 is 0 Å². The van der Waals surface area contributed by atoms with Crippen molar-refractivity contribution in [1.82, 2.24) is 0 Å². The Kier molecular flexibility index (Phi) is 12.9. The second-order valence-electron chi connectivity index (χ2n) is 5.08. The number of hydrogen-bond donors (Lipinski definition) is 0. The maximum atomic E-state index is 2.24. The van der Waals surface area contributed by atoms with Gasteiger partial charge in [0.25, 0.3) is 0 Å². The molecule has 4 aromatic rings. The zero-order valence-corrected chi connectivity index (χ0v) is 15.9. The van der Waals surface area contributed by atoms with Gasteiger partial charge in [-0.25, -0.2) is 36.4 Å². The van der Waals surface area contributed by atoms with Crippen molar-refractivity contribution in [2.75, 3.05) is 0 Å². The molecule has 0 atom stereocenters. The van der Waals surface area contributed by atoms with E-state index >= 15 is 0 Å². The molecule has 0 heterocycles. The minimum absolute atomic E-state index is 0. The van der Waals surface area contributed by atoms with E-state index in [1.807, 2.05) is 60.7 Å². The summed E-state index contributed by atoms with van der Waals surface area (Å²) in [5, 5.41) is 0. The predicted octanol–water partition coefficient (Wildman–Crippen LogP) is 6.08. The van der Waals surface area contributed by atoms with Crippen LogP contribution in [0.2, 0.25) is 0 Å². The van der Waals surface area contributed by atoms with Gasteiger partial charge in [-0.3, -0.25) is 0 Å². The maximum absolute atomic E-state index is 2.24. The smallest absolute Gasteiger partial charge is 0 e. The SMILES string of the molecule is CC([c-]1cccc1)[c-]1cccc1.[Fe].[Fe].[cH-]1[cH-][cH-][cH-][cH-]1.c1cc[cH-]c1. The van der Waals surface area contributed by atoms with Crippen LogP contribution in [-0.4, -0.2) is 0 Å². The van der Waals surface area contributed by atoms with Gasteiger partial charge < -0.3 is 30.3 Å². The Bertz CT molecular complexity index is 547.